The van der Waals surface area contributed by atoms with Crippen LogP contribution >= 0.6 is 0 Å². The summed E-state index contributed by atoms with van der Waals surface area (Å²) in [4.78, 5) is 11.0. The summed E-state index contributed by atoms with van der Waals surface area (Å²) in [6.45, 7) is 4.12. The van der Waals surface area contributed by atoms with Crippen molar-refractivity contribution in [3.05, 3.63) is 41.6 Å². The van der Waals surface area contributed by atoms with Crippen molar-refractivity contribution in [2.75, 3.05) is 10.6 Å². The predicted octanol–water partition coefficient (Wildman–Crippen LogP) is 2.45. The fourth-order valence-corrected chi connectivity index (χ4v) is 2.55. The molecule has 1 atom stereocenters. The van der Waals surface area contributed by atoms with Crippen LogP contribution in [0.1, 0.15) is 18.2 Å². The number of aryl methyl sites for hydroxylation is 1. The zero-order chi connectivity index (χ0) is 12.7. The number of nitrogens with zero attached hydrogens (tertiary/aromatic N) is 3. The lowest BCUT2D eigenvalue weighted by atomic mass is 10.1. The summed E-state index contributed by atoms with van der Waals surface area (Å²) >= 11 is 0. The third-order valence-electron chi connectivity index (χ3n) is 3.28. The number of aromatic nitrogens is 2. The maximum atomic E-state index is 5.81. The largest absolute Gasteiger partial charge is 0.384 e. The Morgan fingerprint density at radius 3 is 2.83 bits per heavy atom. The van der Waals surface area contributed by atoms with Gasteiger partial charge in [0, 0.05) is 23.5 Å². The van der Waals surface area contributed by atoms with E-state index in [9.17, 15) is 0 Å². The lowest BCUT2D eigenvalue weighted by Gasteiger charge is -2.23. The van der Waals surface area contributed by atoms with Gasteiger partial charge in [0.25, 0.3) is 0 Å². The van der Waals surface area contributed by atoms with Gasteiger partial charge in [-0.2, -0.15) is 4.98 Å². The average molecular weight is 240 g/mol. The van der Waals surface area contributed by atoms with E-state index in [0.29, 0.717) is 17.8 Å². The van der Waals surface area contributed by atoms with Crippen molar-refractivity contribution in [1.82, 2.24) is 9.97 Å². The zero-order valence-electron chi connectivity index (χ0n) is 10.6. The molecule has 0 fully saturated rings. The molecule has 0 spiro atoms. The summed E-state index contributed by atoms with van der Waals surface area (Å²) in [5.41, 5.74) is 9.24. The summed E-state index contributed by atoms with van der Waals surface area (Å²) < 4.78 is 0. The number of nitrogens with two attached hydrogens (primary N) is 1. The van der Waals surface area contributed by atoms with E-state index in [1.165, 1.54) is 11.3 Å². The van der Waals surface area contributed by atoms with Crippen LogP contribution in [0.3, 0.4) is 0 Å². The summed E-state index contributed by atoms with van der Waals surface area (Å²) in [7, 11) is 0. The SMILES string of the molecule is Cc1cc(N)nc(N2c3ccccc3CC2C)n1. The predicted molar refractivity (Wildman–Crippen MR) is 72.9 cm³/mol. The van der Waals surface area contributed by atoms with Crippen LogP contribution in [0, 0.1) is 6.92 Å². The monoisotopic (exact) mass is 240 g/mol. The second-order valence-corrected chi connectivity index (χ2v) is 4.79. The molecular weight excluding hydrogens is 224 g/mol. The van der Waals surface area contributed by atoms with Crippen LogP contribution in [0.15, 0.2) is 30.3 Å². The van der Waals surface area contributed by atoms with E-state index in [1.54, 1.807) is 6.07 Å². The van der Waals surface area contributed by atoms with E-state index in [-0.39, 0.29) is 0 Å². The molecule has 1 unspecified atom stereocenters. The summed E-state index contributed by atoms with van der Waals surface area (Å²) in [6.07, 6.45) is 1.02. The van der Waals surface area contributed by atoms with E-state index in [2.05, 4.69) is 40.0 Å². The number of benzene rings is 1. The lowest BCUT2D eigenvalue weighted by Crippen LogP contribution is -2.26. The van der Waals surface area contributed by atoms with Crippen molar-refractivity contribution in [1.29, 1.82) is 0 Å². The van der Waals surface area contributed by atoms with Crippen LogP contribution in [0.25, 0.3) is 0 Å². The summed E-state index contributed by atoms with van der Waals surface area (Å²) in [5.74, 6) is 1.22. The van der Waals surface area contributed by atoms with Gasteiger partial charge < -0.3 is 10.6 Å². The molecule has 1 aromatic carbocycles. The third-order valence-corrected chi connectivity index (χ3v) is 3.28. The number of rotatable bonds is 1. The first-order valence-corrected chi connectivity index (χ1v) is 6.13. The van der Waals surface area contributed by atoms with Crippen LogP contribution in [-0.2, 0) is 6.42 Å². The van der Waals surface area contributed by atoms with Gasteiger partial charge in [0.15, 0.2) is 0 Å². The quantitative estimate of drug-likeness (QED) is 0.831. The molecule has 0 amide bonds. The number of anilines is 3. The minimum atomic E-state index is 0.364. The number of hydrogen-bond acceptors (Lipinski definition) is 4. The smallest absolute Gasteiger partial charge is 0.232 e. The van der Waals surface area contributed by atoms with Gasteiger partial charge in [-0.15, -0.1) is 0 Å². The molecule has 1 aromatic heterocycles. The minimum absolute atomic E-state index is 0.364. The average Bonchev–Trinajstić information content (AvgIpc) is 2.63. The Kier molecular flexibility index (Phi) is 2.44. The molecule has 2 N–H and O–H groups in total. The summed E-state index contributed by atoms with van der Waals surface area (Å²) in [6, 6.07) is 10.5. The van der Waals surface area contributed by atoms with Crippen LogP contribution < -0.4 is 10.6 Å². The Hall–Kier alpha value is -2.10. The number of nitrogen functional groups attached to an aromatic ring is 1. The van der Waals surface area contributed by atoms with Gasteiger partial charge in [-0.1, -0.05) is 18.2 Å². The van der Waals surface area contributed by atoms with Crippen LogP contribution in [0.2, 0.25) is 0 Å². The van der Waals surface area contributed by atoms with Crippen molar-refractivity contribution >= 4 is 17.5 Å². The molecule has 1 aliphatic rings. The minimum Gasteiger partial charge on any atom is -0.384 e. The van der Waals surface area contributed by atoms with Crippen molar-refractivity contribution in [2.45, 2.75) is 26.3 Å². The normalized spacial score (nSPS) is 17.9. The van der Waals surface area contributed by atoms with Crippen LogP contribution in [0.5, 0.6) is 0 Å². The molecule has 1 aliphatic heterocycles. The Bertz CT molecular complexity index is 574. The Morgan fingerprint density at radius 2 is 2.06 bits per heavy atom. The maximum Gasteiger partial charge on any atom is 0.232 e. The van der Waals surface area contributed by atoms with Crippen LogP contribution in [-0.4, -0.2) is 16.0 Å². The molecule has 3 rings (SSSR count). The fraction of sp³-hybridized carbons (Fsp3) is 0.286. The second-order valence-electron chi connectivity index (χ2n) is 4.79. The standard InChI is InChI=1S/C14H16N4/c1-9-7-13(15)17-14(16-9)18-10(2)8-11-5-3-4-6-12(11)18/h3-7,10H,8H2,1-2H3,(H2,15,16,17). The fourth-order valence-electron chi connectivity index (χ4n) is 2.55. The first-order chi connectivity index (χ1) is 8.65. The molecule has 18 heavy (non-hydrogen) atoms. The Morgan fingerprint density at radius 1 is 1.28 bits per heavy atom. The first-order valence-electron chi connectivity index (χ1n) is 6.13. The highest BCUT2D eigenvalue weighted by Crippen LogP contribution is 2.36. The maximum absolute atomic E-state index is 5.81. The molecule has 2 heterocycles. The highest BCUT2D eigenvalue weighted by molar-refractivity contribution is 5.67. The van der Waals surface area contributed by atoms with Gasteiger partial charge in [0.2, 0.25) is 5.95 Å². The molecule has 0 aliphatic carbocycles. The number of fused-ring (bicyclic) bond motifs is 1. The van der Waals surface area contributed by atoms with Crippen LogP contribution in [0.4, 0.5) is 17.5 Å². The second kappa shape index (κ2) is 3.98. The molecular formula is C14H16N4. The highest BCUT2D eigenvalue weighted by atomic mass is 15.3. The van der Waals surface area contributed by atoms with E-state index in [1.807, 2.05) is 13.0 Å². The van der Waals surface area contributed by atoms with E-state index >= 15 is 0 Å². The molecule has 4 nitrogen and oxygen atoms in total. The van der Waals surface area contributed by atoms with Crippen molar-refractivity contribution in [3.8, 4) is 0 Å². The number of para-hydroxylation sites is 1. The van der Waals surface area contributed by atoms with E-state index in [4.69, 9.17) is 5.73 Å². The molecule has 0 saturated heterocycles. The van der Waals surface area contributed by atoms with Gasteiger partial charge in [-0.05, 0) is 31.9 Å². The van der Waals surface area contributed by atoms with Gasteiger partial charge >= 0.3 is 0 Å². The van der Waals surface area contributed by atoms with Crippen molar-refractivity contribution < 1.29 is 0 Å². The van der Waals surface area contributed by atoms with Crippen molar-refractivity contribution in [2.24, 2.45) is 0 Å². The zero-order valence-corrected chi connectivity index (χ0v) is 10.6. The van der Waals surface area contributed by atoms with Crippen molar-refractivity contribution in [3.63, 3.8) is 0 Å². The van der Waals surface area contributed by atoms with E-state index < -0.39 is 0 Å². The number of hydrogen-bond donors (Lipinski definition) is 1. The third kappa shape index (κ3) is 1.70. The Balaban J connectivity index is 2.11. The molecule has 2 aromatic rings. The molecule has 92 valence electrons. The van der Waals surface area contributed by atoms with Gasteiger partial charge in [-0.3, -0.25) is 0 Å². The molecule has 0 radical (unpaired) electrons. The van der Waals surface area contributed by atoms with Gasteiger partial charge in [-0.25, -0.2) is 4.98 Å². The molecule has 0 bridgehead atoms. The Labute approximate surface area is 106 Å². The highest BCUT2D eigenvalue weighted by Gasteiger charge is 2.28. The first kappa shape index (κ1) is 11.0. The van der Waals surface area contributed by atoms with Gasteiger partial charge in [0.1, 0.15) is 5.82 Å². The lowest BCUT2D eigenvalue weighted by molar-refractivity contribution is 0.738. The molecule has 0 saturated carbocycles. The van der Waals surface area contributed by atoms with E-state index in [0.717, 1.165) is 12.1 Å². The molecule has 4 heteroatoms. The summed E-state index contributed by atoms with van der Waals surface area (Å²) in [5, 5.41) is 0. The topological polar surface area (TPSA) is 55.0 Å². The van der Waals surface area contributed by atoms with Gasteiger partial charge in [0.05, 0.1) is 0 Å².